The fraction of sp³-hybridized carbons (Fsp3) is 0.556. The van der Waals surface area contributed by atoms with Crippen LogP contribution in [0.1, 0.15) is 44.5 Å². The van der Waals surface area contributed by atoms with E-state index in [-0.39, 0.29) is 29.5 Å². The molecule has 0 N–H and O–H groups in total. The number of piperazine rings is 1. The number of fused-ring (bicyclic) bond motifs is 2. The molecule has 2 heterocycles. The Morgan fingerprint density at radius 2 is 1.92 bits per heavy atom. The Balaban J connectivity index is 1.71. The number of nitrogens with zero attached hydrogens (tertiary/aromatic N) is 2. The Hall–Kier alpha value is -2.11. The van der Waals surface area contributed by atoms with Crippen LogP contribution in [0.3, 0.4) is 0 Å². The Kier molecular flexibility index (Phi) is 4.01. The lowest BCUT2D eigenvalue weighted by atomic mass is 10.1. The van der Waals surface area contributed by atoms with Gasteiger partial charge in [0.1, 0.15) is 11.4 Å². The summed E-state index contributed by atoms with van der Waals surface area (Å²) in [7, 11) is 0. The molecule has 2 aliphatic heterocycles. The van der Waals surface area contributed by atoms with Gasteiger partial charge in [0.15, 0.2) is 5.78 Å². The predicted octanol–water partition coefficient (Wildman–Crippen LogP) is 3.23. The van der Waals surface area contributed by atoms with Crippen molar-refractivity contribution in [3.8, 4) is 0 Å². The predicted molar refractivity (Wildman–Crippen MR) is 88.9 cm³/mol. The monoisotopic (exact) mass is 334 g/mol. The summed E-state index contributed by atoms with van der Waals surface area (Å²) < 4.78 is 19.5. The van der Waals surface area contributed by atoms with Crippen LogP contribution in [0.2, 0.25) is 0 Å². The second kappa shape index (κ2) is 5.76. The van der Waals surface area contributed by atoms with Crippen LogP contribution >= 0.6 is 0 Å². The van der Waals surface area contributed by atoms with Gasteiger partial charge in [0, 0.05) is 24.8 Å². The summed E-state index contributed by atoms with van der Waals surface area (Å²) in [6.07, 6.45) is 0.572. The van der Waals surface area contributed by atoms with Crippen LogP contribution in [0.25, 0.3) is 0 Å². The standard InChI is InChI=1S/C18H23FN2O3/c1-11(22)15-6-5-12(8-16(15)19)20-9-14-7-13(20)10-21(14)17(23)24-18(2,3)4/h5-6,8,13-14H,7,9-10H2,1-4H3/t13-,14-/m0/s1. The quantitative estimate of drug-likeness (QED) is 0.779. The molecule has 6 heteroatoms. The van der Waals surface area contributed by atoms with E-state index in [1.54, 1.807) is 11.0 Å². The number of hydrogen-bond acceptors (Lipinski definition) is 4. The Morgan fingerprint density at radius 3 is 2.42 bits per heavy atom. The van der Waals surface area contributed by atoms with Crippen molar-refractivity contribution in [3.63, 3.8) is 0 Å². The van der Waals surface area contributed by atoms with Gasteiger partial charge in [-0.3, -0.25) is 4.79 Å². The molecule has 1 aromatic carbocycles. The topological polar surface area (TPSA) is 49.9 Å². The van der Waals surface area contributed by atoms with Crippen LogP contribution < -0.4 is 4.90 Å². The van der Waals surface area contributed by atoms with Crippen LogP contribution in [-0.2, 0) is 4.74 Å². The van der Waals surface area contributed by atoms with E-state index >= 15 is 0 Å². The van der Waals surface area contributed by atoms with Gasteiger partial charge in [0.05, 0.1) is 11.6 Å². The summed E-state index contributed by atoms with van der Waals surface area (Å²) in [5, 5.41) is 0. The molecular weight excluding hydrogens is 311 g/mol. The third-order valence-electron chi connectivity index (χ3n) is 4.53. The van der Waals surface area contributed by atoms with Crippen molar-refractivity contribution in [2.45, 2.75) is 51.8 Å². The van der Waals surface area contributed by atoms with Crippen molar-refractivity contribution >= 4 is 17.6 Å². The molecule has 0 aliphatic carbocycles. The van der Waals surface area contributed by atoms with Crippen molar-refractivity contribution in [2.75, 3.05) is 18.0 Å². The van der Waals surface area contributed by atoms with Crippen LogP contribution in [0.15, 0.2) is 18.2 Å². The number of carbonyl (C=O) groups excluding carboxylic acids is 2. The first-order chi connectivity index (χ1) is 11.2. The summed E-state index contributed by atoms with van der Waals surface area (Å²) >= 11 is 0. The summed E-state index contributed by atoms with van der Waals surface area (Å²) in [4.78, 5) is 27.5. The molecule has 0 radical (unpaired) electrons. The van der Waals surface area contributed by atoms with Crippen LogP contribution in [0.5, 0.6) is 0 Å². The molecule has 1 amide bonds. The van der Waals surface area contributed by atoms with E-state index in [0.29, 0.717) is 13.1 Å². The molecule has 24 heavy (non-hydrogen) atoms. The number of hydrogen-bond donors (Lipinski definition) is 0. The van der Waals surface area contributed by atoms with Crippen molar-refractivity contribution in [3.05, 3.63) is 29.6 Å². The van der Waals surface area contributed by atoms with Gasteiger partial charge in [0.2, 0.25) is 0 Å². The van der Waals surface area contributed by atoms with E-state index in [0.717, 1.165) is 12.1 Å². The molecule has 2 fully saturated rings. The van der Waals surface area contributed by atoms with E-state index in [9.17, 15) is 14.0 Å². The first-order valence-corrected chi connectivity index (χ1v) is 8.22. The summed E-state index contributed by atoms with van der Waals surface area (Å²) in [5.41, 5.74) is 0.358. The zero-order valence-electron chi connectivity index (χ0n) is 14.5. The minimum absolute atomic E-state index is 0.0837. The lowest BCUT2D eigenvalue weighted by molar-refractivity contribution is 0.0214. The molecule has 3 rings (SSSR count). The smallest absolute Gasteiger partial charge is 0.410 e. The molecule has 2 bridgehead atoms. The number of benzene rings is 1. The van der Waals surface area contributed by atoms with Gasteiger partial charge in [-0.05, 0) is 52.3 Å². The number of ether oxygens (including phenoxy) is 1. The van der Waals surface area contributed by atoms with Gasteiger partial charge in [-0.15, -0.1) is 0 Å². The lowest BCUT2D eigenvalue weighted by Crippen LogP contribution is -2.50. The second-order valence-electron chi connectivity index (χ2n) is 7.55. The minimum Gasteiger partial charge on any atom is -0.444 e. The van der Waals surface area contributed by atoms with E-state index in [1.807, 2.05) is 20.8 Å². The second-order valence-corrected chi connectivity index (χ2v) is 7.55. The molecule has 0 aromatic heterocycles. The Bertz CT molecular complexity index is 683. The molecule has 0 saturated carbocycles. The van der Waals surface area contributed by atoms with Crippen LogP contribution in [0, 0.1) is 5.82 Å². The third kappa shape index (κ3) is 3.09. The normalized spacial score (nSPS) is 22.9. The molecule has 2 atom stereocenters. The maximum absolute atomic E-state index is 14.1. The van der Waals surface area contributed by atoms with E-state index < -0.39 is 11.4 Å². The summed E-state index contributed by atoms with van der Waals surface area (Å²) in [6.45, 7) is 8.15. The first-order valence-electron chi connectivity index (χ1n) is 8.22. The lowest BCUT2D eigenvalue weighted by Gasteiger charge is -2.36. The third-order valence-corrected chi connectivity index (χ3v) is 4.53. The number of amides is 1. The molecule has 5 nitrogen and oxygen atoms in total. The number of ketones is 1. The van der Waals surface area contributed by atoms with E-state index in [4.69, 9.17) is 4.74 Å². The number of likely N-dealkylation sites (tertiary alicyclic amines) is 1. The summed E-state index contributed by atoms with van der Waals surface area (Å²) in [5.74, 6) is -0.773. The largest absolute Gasteiger partial charge is 0.444 e. The van der Waals surface area contributed by atoms with Crippen molar-refractivity contribution in [2.24, 2.45) is 0 Å². The van der Waals surface area contributed by atoms with Crippen molar-refractivity contribution in [1.82, 2.24) is 4.90 Å². The molecule has 0 unspecified atom stereocenters. The number of halogens is 1. The Morgan fingerprint density at radius 1 is 1.21 bits per heavy atom. The maximum Gasteiger partial charge on any atom is 0.410 e. The average molecular weight is 334 g/mol. The number of anilines is 1. The van der Waals surface area contributed by atoms with E-state index in [1.165, 1.54) is 19.1 Å². The molecule has 0 spiro atoms. The molecule has 2 saturated heterocycles. The zero-order chi connectivity index (χ0) is 17.6. The highest BCUT2D eigenvalue weighted by Crippen LogP contribution is 2.35. The first kappa shape index (κ1) is 16.7. The van der Waals surface area contributed by atoms with Gasteiger partial charge in [0.25, 0.3) is 0 Å². The van der Waals surface area contributed by atoms with Crippen LogP contribution in [-0.4, -0.2) is 47.6 Å². The fourth-order valence-corrected chi connectivity index (χ4v) is 3.50. The Labute approximate surface area is 141 Å². The highest BCUT2D eigenvalue weighted by Gasteiger charge is 2.46. The average Bonchev–Trinajstić information content (AvgIpc) is 3.04. The number of Topliss-reactive ketones (excluding diaryl/α,β-unsaturated/α-hetero) is 1. The van der Waals surface area contributed by atoms with Gasteiger partial charge < -0.3 is 14.5 Å². The fourth-order valence-electron chi connectivity index (χ4n) is 3.50. The van der Waals surface area contributed by atoms with Gasteiger partial charge >= 0.3 is 6.09 Å². The van der Waals surface area contributed by atoms with E-state index in [2.05, 4.69) is 4.90 Å². The zero-order valence-corrected chi connectivity index (χ0v) is 14.5. The summed E-state index contributed by atoms with van der Waals surface area (Å²) in [6, 6.07) is 4.96. The highest BCUT2D eigenvalue weighted by molar-refractivity contribution is 5.94. The SMILES string of the molecule is CC(=O)c1ccc(N2C[C@@H]3C[C@H]2CN3C(=O)OC(C)(C)C)cc1F. The molecule has 1 aromatic rings. The maximum atomic E-state index is 14.1. The van der Waals surface area contributed by atoms with Gasteiger partial charge in [-0.25, -0.2) is 9.18 Å². The number of rotatable bonds is 2. The van der Waals surface area contributed by atoms with Crippen molar-refractivity contribution in [1.29, 1.82) is 0 Å². The molecule has 130 valence electrons. The van der Waals surface area contributed by atoms with Gasteiger partial charge in [-0.1, -0.05) is 0 Å². The van der Waals surface area contributed by atoms with Gasteiger partial charge in [-0.2, -0.15) is 0 Å². The number of carbonyl (C=O) groups is 2. The molecule has 2 aliphatic rings. The molecular formula is C18H23FN2O3. The van der Waals surface area contributed by atoms with Crippen molar-refractivity contribution < 1.29 is 18.7 Å². The minimum atomic E-state index is -0.510. The highest BCUT2D eigenvalue weighted by atomic mass is 19.1. The van der Waals surface area contributed by atoms with Crippen LogP contribution in [0.4, 0.5) is 14.9 Å².